The van der Waals surface area contributed by atoms with Crippen molar-refractivity contribution in [2.75, 3.05) is 20.8 Å². The van der Waals surface area contributed by atoms with E-state index in [1.54, 1.807) is 20.3 Å². The van der Waals surface area contributed by atoms with Gasteiger partial charge in [-0.3, -0.25) is 0 Å². The van der Waals surface area contributed by atoms with E-state index in [1.807, 2.05) is 12.1 Å². The second-order valence-electron chi connectivity index (χ2n) is 12.9. The maximum absolute atomic E-state index is 10.6. The van der Waals surface area contributed by atoms with Gasteiger partial charge in [-0.15, -0.1) is 0 Å². The van der Waals surface area contributed by atoms with E-state index in [9.17, 15) is 5.11 Å². The molecule has 0 amide bonds. The number of phenols is 1. The van der Waals surface area contributed by atoms with Gasteiger partial charge >= 0.3 is 204 Å². The standard InChI is InChI=1S/C29H54BrO4PSi/c1-27(2,3)35(30,28(4,5)6,29(7,8)9)25-22-23(31)18-19-24(25)34-20-16-14-12-13-15-17-21-36-26(32-10)33-11/h18-19,22,26,31H,12-17,20-21H2,1-11H3. The van der Waals surface area contributed by atoms with Crippen molar-refractivity contribution in [2.24, 2.45) is 0 Å². The van der Waals surface area contributed by atoms with E-state index in [0.29, 0.717) is 21.9 Å². The average Bonchev–Trinajstić information content (AvgIpc) is 2.75. The fourth-order valence-electron chi connectivity index (χ4n) is 6.66. The monoisotopic (exact) mass is 604 g/mol. The summed E-state index contributed by atoms with van der Waals surface area (Å²) in [6.45, 7) is 21.8. The van der Waals surface area contributed by atoms with E-state index in [1.165, 1.54) is 38.1 Å². The van der Waals surface area contributed by atoms with Gasteiger partial charge in [-0.2, -0.15) is 0 Å². The van der Waals surface area contributed by atoms with Crippen LogP contribution < -0.4 is 10.0 Å². The molecule has 0 bridgehead atoms. The summed E-state index contributed by atoms with van der Waals surface area (Å²) >= 11 is 4.55. The molecule has 0 saturated heterocycles. The number of unbranched alkanes of at least 4 members (excludes halogenated alkanes) is 5. The predicted molar refractivity (Wildman–Crippen MR) is 164 cm³/mol. The summed E-state index contributed by atoms with van der Waals surface area (Å²) in [6.07, 6.45) is 7.20. The molecular formula is C29H54BrO4PSi. The number of hydrogen-bond donors (Lipinski definition) is 1. The van der Waals surface area contributed by atoms with Crippen LogP contribution in [0.15, 0.2) is 18.2 Å². The molecule has 0 aliphatic heterocycles. The molecule has 0 fully saturated rings. The molecule has 0 aromatic heterocycles. The molecule has 0 atom stereocenters. The van der Waals surface area contributed by atoms with Gasteiger partial charge in [-0.25, -0.2) is 0 Å². The Balaban J connectivity index is 2.92. The van der Waals surface area contributed by atoms with Gasteiger partial charge in [-0.1, -0.05) is 0 Å². The van der Waals surface area contributed by atoms with Crippen molar-refractivity contribution in [1.29, 1.82) is 0 Å². The maximum atomic E-state index is 10.6. The van der Waals surface area contributed by atoms with Crippen LogP contribution in [-0.2, 0) is 9.47 Å². The van der Waals surface area contributed by atoms with Crippen molar-refractivity contribution in [3.8, 4) is 11.5 Å². The van der Waals surface area contributed by atoms with Crippen molar-refractivity contribution in [1.82, 2.24) is 0 Å². The number of ether oxygens (including phenoxy) is 3. The Labute approximate surface area is 233 Å². The second-order valence-corrected chi connectivity index (χ2v) is 25.1. The molecule has 210 valence electrons. The number of halogens is 1. The van der Waals surface area contributed by atoms with Crippen LogP contribution in [0.25, 0.3) is 0 Å². The molecule has 7 heteroatoms. The van der Waals surface area contributed by atoms with Crippen molar-refractivity contribution in [3.63, 3.8) is 0 Å². The molecule has 1 rings (SSSR count). The van der Waals surface area contributed by atoms with Crippen LogP contribution in [-0.4, -0.2) is 56.8 Å². The Bertz CT molecular complexity index is 768. The van der Waals surface area contributed by atoms with Crippen LogP contribution in [0.1, 0.15) is 101 Å². The molecule has 1 aromatic carbocycles. The van der Waals surface area contributed by atoms with E-state index in [0.717, 1.165) is 17.5 Å². The Kier molecular flexibility index (Phi) is 12.5. The molecule has 0 aliphatic carbocycles. The first kappa shape index (κ1) is 33.9. The predicted octanol–water partition coefficient (Wildman–Crippen LogP) is 8.69. The molecule has 0 saturated carbocycles. The van der Waals surface area contributed by atoms with Crippen LogP contribution in [0, 0.1) is 0 Å². The Morgan fingerprint density at radius 1 is 0.806 bits per heavy atom. The van der Waals surface area contributed by atoms with Gasteiger partial charge in [-0.05, 0) is 0 Å². The van der Waals surface area contributed by atoms with Gasteiger partial charge in [0.15, 0.2) is 0 Å². The minimum atomic E-state index is -2.97. The average molecular weight is 606 g/mol. The molecule has 1 N–H and O–H groups in total. The molecule has 4 nitrogen and oxygen atoms in total. The van der Waals surface area contributed by atoms with Crippen molar-refractivity contribution in [3.05, 3.63) is 18.2 Å². The molecule has 2 radical (unpaired) electrons. The van der Waals surface area contributed by atoms with Gasteiger partial charge in [0.25, 0.3) is 0 Å². The number of hydrogen-bond acceptors (Lipinski definition) is 4. The third-order valence-corrected chi connectivity index (χ3v) is 28.7. The molecule has 0 spiro atoms. The summed E-state index contributed by atoms with van der Waals surface area (Å²) in [5.74, 6) is 1.17. The fraction of sp³-hybridized carbons (Fsp3) is 0.793. The summed E-state index contributed by atoms with van der Waals surface area (Å²) in [6, 6.07) is 6.89. The Hall–Kier alpha value is -0.133. The van der Waals surface area contributed by atoms with Crippen LogP contribution in [0.3, 0.4) is 0 Å². The number of aromatic hydroxyl groups is 1. The van der Waals surface area contributed by atoms with Crippen LogP contribution >= 0.6 is 20.8 Å². The minimum absolute atomic E-state index is 0.0398. The topological polar surface area (TPSA) is 47.9 Å². The van der Waals surface area contributed by atoms with Crippen LogP contribution in [0.2, 0.25) is 6.04 Å². The fourth-order valence-corrected chi connectivity index (χ4v) is 17.6. The molecule has 36 heavy (non-hydrogen) atoms. The van der Waals surface area contributed by atoms with Gasteiger partial charge in [0, 0.05) is 14.2 Å². The molecular weight excluding hydrogens is 551 g/mol. The summed E-state index contributed by atoms with van der Waals surface area (Å²) in [5, 5.41) is 8.61. The van der Waals surface area contributed by atoms with E-state index in [-0.39, 0.29) is 21.4 Å². The quantitative estimate of drug-likeness (QED) is 0.0998. The zero-order valence-electron chi connectivity index (χ0n) is 25.0. The van der Waals surface area contributed by atoms with Gasteiger partial charge < -0.3 is 9.47 Å². The normalized spacial score (nSPS) is 14.6. The number of phenolic OH excluding ortho intramolecular Hbond substituents is 1. The van der Waals surface area contributed by atoms with E-state index >= 15 is 0 Å². The van der Waals surface area contributed by atoms with E-state index < -0.39 is 5.31 Å². The van der Waals surface area contributed by atoms with Gasteiger partial charge in [0.05, 0.1) is 0 Å². The van der Waals surface area contributed by atoms with Crippen molar-refractivity contribution in [2.45, 2.75) is 128 Å². The van der Waals surface area contributed by atoms with Gasteiger partial charge in [0.2, 0.25) is 0 Å². The summed E-state index contributed by atoms with van der Waals surface area (Å²) in [4.78, 5) is 0. The first-order chi connectivity index (χ1) is 16.5. The number of rotatable bonds is 14. The van der Waals surface area contributed by atoms with Crippen LogP contribution in [0.5, 0.6) is 11.5 Å². The third-order valence-electron chi connectivity index (χ3n) is 7.74. The SMILES string of the molecule is COC(OC)[Si]CCCCCCCCOc1ccc(O)cc1P(Br)(C(C)(C)C)(C(C)(C)C)C(C)(C)C. The second kappa shape index (κ2) is 13.3. The van der Waals surface area contributed by atoms with Crippen LogP contribution in [0.4, 0.5) is 0 Å². The van der Waals surface area contributed by atoms with Gasteiger partial charge in [0.1, 0.15) is 5.91 Å². The zero-order valence-corrected chi connectivity index (χ0v) is 28.4. The Morgan fingerprint density at radius 2 is 1.28 bits per heavy atom. The number of methoxy groups -OCH3 is 2. The molecule has 0 aliphatic rings. The van der Waals surface area contributed by atoms with Crippen molar-refractivity contribution >= 4 is 35.6 Å². The number of benzene rings is 1. The molecule has 0 unspecified atom stereocenters. The summed E-state index contributed by atoms with van der Waals surface area (Å²) < 4.78 is 17.0. The van der Waals surface area contributed by atoms with E-state index in [2.05, 4.69) is 77.8 Å². The third kappa shape index (κ3) is 6.70. The van der Waals surface area contributed by atoms with Crippen molar-refractivity contribution < 1.29 is 19.3 Å². The summed E-state index contributed by atoms with van der Waals surface area (Å²) in [5.41, 5.74) is 0. The summed E-state index contributed by atoms with van der Waals surface area (Å²) in [7, 11) is 4.13. The Morgan fingerprint density at radius 3 is 1.75 bits per heavy atom. The first-order valence-corrected chi connectivity index (χ1v) is 19.0. The van der Waals surface area contributed by atoms with E-state index in [4.69, 9.17) is 14.2 Å². The first-order valence-electron chi connectivity index (χ1n) is 13.4. The molecule has 1 aromatic rings. The zero-order chi connectivity index (χ0) is 27.9. The molecule has 0 heterocycles.